The van der Waals surface area contributed by atoms with Crippen LogP contribution in [0.3, 0.4) is 0 Å². The van der Waals surface area contributed by atoms with E-state index in [1.54, 1.807) is 0 Å². The van der Waals surface area contributed by atoms with Crippen molar-refractivity contribution in [2.24, 2.45) is 0 Å². The maximum Gasteiger partial charge on any atom is 0.0967 e. The van der Waals surface area contributed by atoms with Gasteiger partial charge >= 0.3 is 0 Å². The molecule has 0 aliphatic rings. The third kappa shape index (κ3) is 3.12. The summed E-state index contributed by atoms with van der Waals surface area (Å²) in [6.07, 6.45) is 7.25. The van der Waals surface area contributed by atoms with Crippen molar-refractivity contribution in [1.29, 1.82) is 0 Å². The minimum Gasteiger partial charge on any atom is -0.254 e. The van der Waals surface area contributed by atoms with Gasteiger partial charge in [-0.1, -0.05) is 24.3 Å². The second-order valence-electron chi connectivity index (χ2n) is 7.34. The summed E-state index contributed by atoms with van der Waals surface area (Å²) in [5.74, 6) is 0. The monoisotopic (exact) mass is 388 g/mol. The molecule has 144 valence electrons. The van der Waals surface area contributed by atoms with E-state index < -0.39 is 0 Å². The Morgan fingerprint density at radius 1 is 0.467 bits per heavy atom. The van der Waals surface area contributed by atoms with Crippen LogP contribution in [0, 0.1) is 13.8 Å². The maximum absolute atomic E-state index is 4.41. The highest BCUT2D eigenvalue weighted by atomic mass is 14.7. The van der Waals surface area contributed by atoms with Gasteiger partial charge in [-0.15, -0.1) is 0 Å². The van der Waals surface area contributed by atoms with E-state index in [2.05, 4.69) is 70.2 Å². The van der Waals surface area contributed by atoms with E-state index in [1.165, 1.54) is 21.9 Å². The average Bonchev–Trinajstić information content (AvgIpc) is 2.80. The summed E-state index contributed by atoms with van der Waals surface area (Å²) in [4.78, 5) is 17.6. The number of hydrogen-bond acceptors (Lipinski definition) is 4. The SMILES string of the molecule is Cc1cc2cccnc2c2ncccc12.Cc1cc2cccnc2c2ncccc12. The molecule has 0 radical (unpaired) electrons. The summed E-state index contributed by atoms with van der Waals surface area (Å²) in [7, 11) is 0. The van der Waals surface area contributed by atoms with E-state index in [1.807, 2.05) is 49.1 Å². The number of pyridine rings is 4. The van der Waals surface area contributed by atoms with Crippen molar-refractivity contribution in [3.63, 3.8) is 0 Å². The molecule has 0 bridgehead atoms. The second kappa shape index (κ2) is 7.48. The van der Waals surface area contributed by atoms with Crippen LogP contribution < -0.4 is 0 Å². The zero-order valence-corrected chi connectivity index (χ0v) is 16.9. The van der Waals surface area contributed by atoms with Crippen LogP contribution in [0.15, 0.2) is 85.5 Å². The van der Waals surface area contributed by atoms with Crippen molar-refractivity contribution in [2.75, 3.05) is 0 Å². The van der Waals surface area contributed by atoms with Crippen LogP contribution in [0.2, 0.25) is 0 Å². The van der Waals surface area contributed by atoms with Crippen LogP contribution in [0.1, 0.15) is 11.1 Å². The van der Waals surface area contributed by atoms with Crippen molar-refractivity contribution < 1.29 is 0 Å². The normalized spacial score (nSPS) is 11.0. The molecule has 6 rings (SSSR count). The molecule has 0 aliphatic carbocycles. The van der Waals surface area contributed by atoms with Gasteiger partial charge in [0, 0.05) is 46.3 Å². The Kier molecular flexibility index (Phi) is 4.52. The van der Waals surface area contributed by atoms with Gasteiger partial charge in [0.25, 0.3) is 0 Å². The quantitative estimate of drug-likeness (QED) is 0.291. The van der Waals surface area contributed by atoms with E-state index in [4.69, 9.17) is 0 Å². The Hall–Kier alpha value is -3.92. The van der Waals surface area contributed by atoms with Crippen molar-refractivity contribution in [2.45, 2.75) is 13.8 Å². The van der Waals surface area contributed by atoms with E-state index in [-0.39, 0.29) is 0 Å². The smallest absolute Gasteiger partial charge is 0.0967 e. The summed E-state index contributed by atoms with van der Waals surface area (Å²) < 4.78 is 0. The molecule has 0 atom stereocenters. The van der Waals surface area contributed by atoms with E-state index in [0.717, 1.165) is 32.8 Å². The molecule has 4 heteroatoms. The Bertz CT molecular complexity index is 1410. The van der Waals surface area contributed by atoms with Crippen molar-refractivity contribution in [1.82, 2.24) is 19.9 Å². The molecule has 30 heavy (non-hydrogen) atoms. The molecule has 0 N–H and O–H groups in total. The lowest BCUT2D eigenvalue weighted by Gasteiger charge is -2.04. The first kappa shape index (κ1) is 18.1. The minimum atomic E-state index is 0.985. The molecule has 4 aromatic heterocycles. The third-order valence-electron chi connectivity index (χ3n) is 5.34. The van der Waals surface area contributed by atoms with Gasteiger partial charge < -0.3 is 0 Å². The molecule has 4 nitrogen and oxygen atoms in total. The van der Waals surface area contributed by atoms with Gasteiger partial charge in [-0.05, 0) is 61.4 Å². The van der Waals surface area contributed by atoms with Gasteiger partial charge in [0.2, 0.25) is 0 Å². The van der Waals surface area contributed by atoms with E-state index in [9.17, 15) is 0 Å². The minimum absolute atomic E-state index is 0.985. The number of aromatic nitrogens is 4. The zero-order chi connectivity index (χ0) is 20.5. The van der Waals surface area contributed by atoms with Crippen LogP contribution in [-0.2, 0) is 0 Å². The van der Waals surface area contributed by atoms with Crippen LogP contribution in [-0.4, -0.2) is 19.9 Å². The molecule has 0 saturated carbocycles. The number of rotatable bonds is 0. The fourth-order valence-corrected chi connectivity index (χ4v) is 3.91. The molecule has 4 heterocycles. The summed E-state index contributed by atoms with van der Waals surface area (Å²) >= 11 is 0. The zero-order valence-electron chi connectivity index (χ0n) is 16.9. The van der Waals surface area contributed by atoms with Gasteiger partial charge in [-0.3, -0.25) is 19.9 Å². The Balaban J connectivity index is 0.000000128. The summed E-state index contributed by atoms with van der Waals surface area (Å²) in [5, 5.41) is 4.68. The fraction of sp³-hybridized carbons (Fsp3) is 0.0769. The maximum atomic E-state index is 4.41. The molecule has 0 unspecified atom stereocenters. The average molecular weight is 388 g/mol. The van der Waals surface area contributed by atoms with Gasteiger partial charge in [0.1, 0.15) is 0 Å². The lowest BCUT2D eigenvalue weighted by molar-refractivity contribution is 1.36. The first-order valence-electron chi connectivity index (χ1n) is 9.90. The summed E-state index contributed by atoms with van der Waals surface area (Å²) in [6.45, 7) is 4.22. The molecule has 0 saturated heterocycles. The molecular weight excluding hydrogens is 368 g/mol. The molecule has 0 fully saturated rings. The lowest BCUT2D eigenvalue weighted by atomic mass is 10.1. The van der Waals surface area contributed by atoms with Crippen molar-refractivity contribution >= 4 is 43.6 Å². The molecule has 0 aliphatic heterocycles. The molecule has 0 spiro atoms. The van der Waals surface area contributed by atoms with Crippen molar-refractivity contribution in [3.05, 3.63) is 96.6 Å². The molecule has 0 amide bonds. The molecule has 2 aromatic carbocycles. The lowest BCUT2D eigenvalue weighted by Crippen LogP contribution is -1.86. The first-order valence-corrected chi connectivity index (χ1v) is 9.90. The highest BCUT2D eigenvalue weighted by molar-refractivity contribution is 6.05. The predicted octanol–water partition coefficient (Wildman–Crippen LogP) is 6.18. The van der Waals surface area contributed by atoms with E-state index >= 15 is 0 Å². The third-order valence-corrected chi connectivity index (χ3v) is 5.34. The van der Waals surface area contributed by atoms with Gasteiger partial charge in [-0.25, -0.2) is 0 Å². The number of fused-ring (bicyclic) bond motifs is 6. The molecule has 6 aromatic rings. The molecular formula is C26H20N4. The van der Waals surface area contributed by atoms with Crippen LogP contribution >= 0.6 is 0 Å². The second-order valence-corrected chi connectivity index (χ2v) is 7.34. The van der Waals surface area contributed by atoms with Gasteiger partial charge in [0.05, 0.1) is 22.1 Å². The highest BCUT2D eigenvalue weighted by Gasteiger charge is 2.05. The predicted molar refractivity (Wildman–Crippen MR) is 124 cm³/mol. The number of benzene rings is 2. The number of hydrogen-bond donors (Lipinski definition) is 0. The Labute approximate surface area is 174 Å². The van der Waals surface area contributed by atoms with Crippen molar-refractivity contribution in [3.8, 4) is 0 Å². The van der Waals surface area contributed by atoms with Gasteiger partial charge in [0.15, 0.2) is 0 Å². The highest BCUT2D eigenvalue weighted by Crippen LogP contribution is 2.25. The van der Waals surface area contributed by atoms with Crippen LogP contribution in [0.25, 0.3) is 43.6 Å². The Morgan fingerprint density at radius 3 is 1.27 bits per heavy atom. The fourth-order valence-electron chi connectivity index (χ4n) is 3.91. The van der Waals surface area contributed by atoms with Crippen LogP contribution in [0.5, 0.6) is 0 Å². The Morgan fingerprint density at radius 2 is 0.833 bits per heavy atom. The van der Waals surface area contributed by atoms with Crippen LogP contribution in [0.4, 0.5) is 0 Å². The standard InChI is InChI=1S/2C13H10N2/c2*1-9-8-10-4-2-6-14-12(10)13-11(9)5-3-7-15-13/h2*2-8H,1H3. The summed E-state index contributed by atoms with van der Waals surface area (Å²) in [6, 6.07) is 20.5. The number of nitrogens with zero attached hydrogens (tertiary/aromatic N) is 4. The largest absolute Gasteiger partial charge is 0.254 e. The first-order chi connectivity index (χ1) is 14.7. The van der Waals surface area contributed by atoms with E-state index in [0.29, 0.717) is 0 Å². The van der Waals surface area contributed by atoms with Gasteiger partial charge in [-0.2, -0.15) is 0 Å². The topological polar surface area (TPSA) is 51.6 Å². The number of aryl methyl sites for hydroxylation is 2. The summed E-state index contributed by atoms with van der Waals surface area (Å²) in [5.41, 5.74) is 6.45.